The van der Waals surface area contributed by atoms with Crippen LogP contribution in [0.1, 0.15) is 20.3 Å². The van der Waals surface area contributed by atoms with E-state index >= 15 is 0 Å². The van der Waals surface area contributed by atoms with Crippen LogP contribution >= 0.6 is 24.0 Å². The fourth-order valence-corrected chi connectivity index (χ4v) is 3.29. The zero-order valence-electron chi connectivity index (χ0n) is 15.1. The molecule has 0 aliphatic carbocycles. The number of nitrogens with zero attached hydrogens (tertiary/aromatic N) is 3. The van der Waals surface area contributed by atoms with Crippen molar-refractivity contribution in [2.45, 2.75) is 26.3 Å². The second kappa shape index (κ2) is 10.9. The Bertz CT molecular complexity index is 702. The van der Waals surface area contributed by atoms with Gasteiger partial charge in [-0.05, 0) is 25.5 Å². The lowest BCUT2D eigenvalue weighted by Crippen LogP contribution is -2.45. The molecule has 0 bridgehead atoms. The van der Waals surface area contributed by atoms with E-state index in [1.54, 1.807) is 19.2 Å². The first-order valence-electron chi connectivity index (χ1n) is 8.56. The van der Waals surface area contributed by atoms with Crippen molar-refractivity contribution in [2.24, 2.45) is 4.99 Å². The molecule has 148 valence electrons. The van der Waals surface area contributed by atoms with Gasteiger partial charge in [0.2, 0.25) is 0 Å². The van der Waals surface area contributed by atoms with Gasteiger partial charge in [-0.15, -0.1) is 24.0 Å². The van der Waals surface area contributed by atoms with Gasteiger partial charge in [-0.3, -0.25) is 4.99 Å². The van der Waals surface area contributed by atoms with Crippen molar-refractivity contribution in [3.63, 3.8) is 0 Å². The molecule has 1 atom stereocenters. The van der Waals surface area contributed by atoms with Gasteiger partial charge in [-0.25, -0.2) is 17.8 Å². The van der Waals surface area contributed by atoms with E-state index in [1.807, 2.05) is 11.8 Å². The van der Waals surface area contributed by atoms with E-state index in [1.165, 1.54) is 6.07 Å². The van der Waals surface area contributed by atoms with Crippen LogP contribution in [0.25, 0.3) is 0 Å². The number of hydrogen-bond donors (Lipinski definition) is 2. The number of aromatic nitrogens is 1. The molecule has 1 aromatic heterocycles. The molecule has 0 saturated carbocycles. The normalized spacial score (nSPS) is 17.7. The van der Waals surface area contributed by atoms with Crippen LogP contribution in [0.15, 0.2) is 23.3 Å². The van der Waals surface area contributed by atoms with Crippen LogP contribution in [0, 0.1) is 5.82 Å². The molecule has 1 aliphatic heterocycles. The maximum Gasteiger partial charge on any atom is 0.191 e. The molecule has 1 unspecified atom stereocenters. The lowest BCUT2D eigenvalue weighted by Gasteiger charge is -2.19. The topological polar surface area (TPSA) is 86.7 Å². The molecule has 10 heteroatoms. The number of aliphatic imine (C=N–C) groups is 1. The molecule has 1 fully saturated rings. The highest BCUT2D eigenvalue weighted by Gasteiger charge is 2.25. The first kappa shape index (κ1) is 22.9. The van der Waals surface area contributed by atoms with E-state index in [0.29, 0.717) is 31.4 Å². The van der Waals surface area contributed by atoms with Crippen molar-refractivity contribution in [2.75, 3.05) is 42.6 Å². The van der Waals surface area contributed by atoms with Gasteiger partial charge in [0.25, 0.3) is 0 Å². The minimum absolute atomic E-state index is 0. The van der Waals surface area contributed by atoms with Crippen molar-refractivity contribution in [3.05, 3.63) is 24.1 Å². The van der Waals surface area contributed by atoms with E-state index in [0.717, 1.165) is 6.42 Å². The van der Waals surface area contributed by atoms with E-state index in [-0.39, 0.29) is 53.9 Å². The predicted molar refractivity (Wildman–Crippen MR) is 114 cm³/mol. The van der Waals surface area contributed by atoms with E-state index in [2.05, 4.69) is 20.6 Å². The second-order valence-corrected chi connectivity index (χ2v) is 8.35. The summed E-state index contributed by atoms with van der Waals surface area (Å²) in [6.07, 6.45) is 2.41. The minimum Gasteiger partial charge on any atom is -0.357 e. The van der Waals surface area contributed by atoms with Gasteiger partial charge in [0, 0.05) is 37.6 Å². The summed E-state index contributed by atoms with van der Waals surface area (Å²) in [5.74, 6) is 0.786. The highest BCUT2D eigenvalue weighted by atomic mass is 127. The van der Waals surface area contributed by atoms with Crippen LogP contribution in [-0.2, 0) is 9.84 Å². The summed E-state index contributed by atoms with van der Waals surface area (Å²) in [5.41, 5.74) is 0. The van der Waals surface area contributed by atoms with Gasteiger partial charge in [-0.1, -0.05) is 6.92 Å². The fraction of sp³-hybridized carbons (Fsp3) is 0.625. The standard InChI is InChI=1S/C16H26FN5O2S.HI/c1-3-18-16(20-9-11-25(23,24)4-2)21-13-7-10-22(12-13)15-14(17)6-5-8-19-15;/h5-6,8,13H,3-4,7,9-12H2,1-2H3,(H2,18,20,21);1H. The molecule has 2 N–H and O–H groups in total. The average Bonchev–Trinajstić information content (AvgIpc) is 3.03. The van der Waals surface area contributed by atoms with Crippen LogP contribution in [-0.4, -0.2) is 63.1 Å². The summed E-state index contributed by atoms with van der Waals surface area (Å²) in [7, 11) is -3.03. The third-order valence-electron chi connectivity index (χ3n) is 4.02. The zero-order chi connectivity index (χ0) is 18.3. The smallest absolute Gasteiger partial charge is 0.191 e. The quantitative estimate of drug-likeness (QED) is 0.335. The Balaban J connectivity index is 0.00000338. The highest BCUT2D eigenvalue weighted by Crippen LogP contribution is 2.20. The van der Waals surface area contributed by atoms with Crippen LogP contribution < -0.4 is 15.5 Å². The van der Waals surface area contributed by atoms with Gasteiger partial charge in [0.15, 0.2) is 27.4 Å². The molecule has 0 aromatic carbocycles. The molecule has 2 rings (SSSR count). The van der Waals surface area contributed by atoms with Crippen LogP contribution in [0.4, 0.5) is 10.2 Å². The molecule has 0 spiro atoms. The Morgan fingerprint density at radius 3 is 2.88 bits per heavy atom. The van der Waals surface area contributed by atoms with Crippen molar-refractivity contribution in [1.82, 2.24) is 15.6 Å². The van der Waals surface area contributed by atoms with Crippen molar-refractivity contribution < 1.29 is 12.8 Å². The minimum atomic E-state index is -3.03. The SMILES string of the molecule is CCNC(=NCCS(=O)(=O)CC)NC1CCN(c2ncccc2F)C1.I. The molecule has 0 radical (unpaired) electrons. The van der Waals surface area contributed by atoms with Gasteiger partial charge in [0.1, 0.15) is 0 Å². The first-order chi connectivity index (χ1) is 11.9. The van der Waals surface area contributed by atoms with Crippen molar-refractivity contribution in [3.8, 4) is 0 Å². The van der Waals surface area contributed by atoms with Gasteiger partial charge < -0.3 is 15.5 Å². The summed E-state index contributed by atoms with van der Waals surface area (Å²) in [4.78, 5) is 10.3. The molecule has 0 amide bonds. The largest absolute Gasteiger partial charge is 0.357 e. The summed E-state index contributed by atoms with van der Waals surface area (Å²) in [6, 6.07) is 3.08. The molecular weight excluding hydrogens is 472 g/mol. The van der Waals surface area contributed by atoms with E-state index in [9.17, 15) is 12.8 Å². The fourth-order valence-electron chi connectivity index (χ4n) is 2.63. The average molecular weight is 499 g/mol. The Kier molecular flexibility index (Phi) is 9.55. The van der Waals surface area contributed by atoms with Crippen LogP contribution in [0.5, 0.6) is 0 Å². The number of halogens is 2. The molecule has 26 heavy (non-hydrogen) atoms. The maximum atomic E-state index is 13.8. The maximum absolute atomic E-state index is 13.8. The molecule has 7 nitrogen and oxygen atoms in total. The van der Waals surface area contributed by atoms with Gasteiger partial charge in [0.05, 0.1) is 12.3 Å². The first-order valence-corrected chi connectivity index (χ1v) is 10.4. The van der Waals surface area contributed by atoms with Crippen molar-refractivity contribution in [1.29, 1.82) is 0 Å². The number of sulfone groups is 1. The predicted octanol–water partition coefficient (Wildman–Crippen LogP) is 1.41. The number of guanidine groups is 1. The molecule has 2 heterocycles. The Morgan fingerprint density at radius 1 is 1.46 bits per heavy atom. The second-order valence-electron chi connectivity index (χ2n) is 5.88. The van der Waals surface area contributed by atoms with E-state index < -0.39 is 9.84 Å². The van der Waals surface area contributed by atoms with Crippen LogP contribution in [0.2, 0.25) is 0 Å². The van der Waals surface area contributed by atoms with E-state index in [4.69, 9.17) is 0 Å². The number of pyridine rings is 1. The number of hydrogen-bond acceptors (Lipinski definition) is 5. The molecule has 1 aliphatic rings. The molecular formula is C16H27FIN5O2S. The van der Waals surface area contributed by atoms with Crippen molar-refractivity contribution >= 4 is 45.6 Å². The highest BCUT2D eigenvalue weighted by molar-refractivity contribution is 14.0. The third-order valence-corrected chi connectivity index (χ3v) is 5.71. The summed E-state index contributed by atoms with van der Waals surface area (Å²) in [6.45, 7) is 5.80. The number of rotatable bonds is 7. The third kappa shape index (κ3) is 6.86. The summed E-state index contributed by atoms with van der Waals surface area (Å²) in [5, 5.41) is 6.41. The Morgan fingerprint density at radius 2 is 2.23 bits per heavy atom. The van der Waals surface area contributed by atoms with Gasteiger partial charge in [-0.2, -0.15) is 0 Å². The summed E-state index contributed by atoms with van der Waals surface area (Å²) < 4.78 is 37.0. The monoisotopic (exact) mass is 499 g/mol. The lowest BCUT2D eigenvalue weighted by molar-refractivity contribution is 0.597. The van der Waals surface area contributed by atoms with Gasteiger partial charge >= 0.3 is 0 Å². The Labute approximate surface area is 171 Å². The number of nitrogens with one attached hydrogen (secondary N) is 2. The van der Waals surface area contributed by atoms with Crippen LogP contribution in [0.3, 0.4) is 0 Å². The lowest BCUT2D eigenvalue weighted by atomic mass is 10.3. The Hall–Kier alpha value is -1.17. The molecule has 1 aromatic rings. The zero-order valence-corrected chi connectivity index (χ0v) is 18.3. The molecule has 1 saturated heterocycles. The number of anilines is 1. The summed E-state index contributed by atoms with van der Waals surface area (Å²) >= 11 is 0.